The van der Waals surface area contributed by atoms with Crippen LogP contribution in [0, 0.1) is 13.8 Å². The number of benzene rings is 2. The van der Waals surface area contributed by atoms with Crippen molar-refractivity contribution in [2.45, 2.75) is 31.6 Å². The van der Waals surface area contributed by atoms with E-state index in [9.17, 15) is 18.0 Å². The first-order chi connectivity index (χ1) is 15.3. The fourth-order valence-electron chi connectivity index (χ4n) is 3.93. The van der Waals surface area contributed by atoms with E-state index in [1.807, 2.05) is 48.7 Å². The smallest absolute Gasteiger partial charge is 0.268 e. The van der Waals surface area contributed by atoms with Gasteiger partial charge in [-0.05, 0) is 62.7 Å². The Hall–Kier alpha value is -3.43. The minimum Gasteiger partial charge on any atom is -0.318 e. The summed E-state index contributed by atoms with van der Waals surface area (Å²) in [4.78, 5) is 28.3. The van der Waals surface area contributed by atoms with Gasteiger partial charge in [-0.1, -0.05) is 18.2 Å². The van der Waals surface area contributed by atoms with E-state index in [2.05, 4.69) is 10.3 Å². The number of aromatic nitrogens is 1. The molecule has 2 amide bonds. The van der Waals surface area contributed by atoms with Crippen LogP contribution in [0.15, 0.2) is 65.6 Å². The quantitative estimate of drug-likeness (QED) is 0.562. The molecule has 0 atom stereocenters. The van der Waals surface area contributed by atoms with Crippen molar-refractivity contribution in [1.82, 2.24) is 14.8 Å². The molecule has 8 nitrogen and oxygen atoms in total. The van der Waals surface area contributed by atoms with Crippen LogP contribution in [-0.2, 0) is 14.8 Å². The van der Waals surface area contributed by atoms with Gasteiger partial charge in [-0.15, -0.1) is 4.83 Å². The molecule has 1 saturated heterocycles. The van der Waals surface area contributed by atoms with Crippen molar-refractivity contribution in [3.8, 4) is 5.69 Å². The van der Waals surface area contributed by atoms with E-state index >= 15 is 0 Å². The van der Waals surface area contributed by atoms with E-state index < -0.39 is 15.9 Å². The summed E-state index contributed by atoms with van der Waals surface area (Å²) in [5, 5.41) is 0. The first-order valence-electron chi connectivity index (χ1n) is 10.2. The molecule has 0 bridgehead atoms. The van der Waals surface area contributed by atoms with Gasteiger partial charge in [0, 0.05) is 35.7 Å². The van der Waals surface area contributed by atoms with Gasteiger partial charge in [0.1, 0.15) is 0 Å². The van der Waals surface area contributed by atoms with E-state index in [-0.39, 0.29) is 10.8 Å². The van der Waals surface area contributed by atoms with Crippen LogP contribution in [0.5, 0.6) is 0 Å². The Morgan fingerprint density at radius 1 is 0.969 bits per heavy atom. The average Bonchev–Trinajstić information content (AvgIpc) is 3.35. The molecule has 2 N–H and O–H groups in total. The number of nitrogens with zero attached hydrogens (tertiary/aromatic N) is 2. The van der Waals surface area contributed by atoms with E-state index in [0.29, 0.717) is 29.9 Å². The van der Waals surface area contributed by atoms with E-state index in [1.54, 1.807) is 23.1 Å². The van der Waals surface area contributed by atoms with Gasteiger partial charge in [-0.25, -0.2) is 8.42 Å². The summed E-state index contributed by atoms with van der Waals surface area (Å²) < 4.78 is 27.2. The highest BCUT2D eigenvalue weighted by Gasteiger charge is 2.23. The van der Waals surface area contributed by atoms with Gasteiger partial charge in [0.05, 0.1) is 10.5 Å². The first-order valence-corrected chi connectivity index (χ1v) is 11.7. The maximum atomic E-state index is 12.7. The number of rotatable bonds is 6. The van der Waals surface area contributed by atoms with Crippen LogP contribution in [-0.4, -0.2) is 31.3 Å². The van der Waals surface area contributed by atoms with Gasteiger partial charge in [-0.2, -0.15) is 0 Å². The van der Waals surface area contributed by atoms with Crippen molar-refractivity contribution < 1.29 is 18.0 Å². The Bertz CT molecular complexity index is 1270. The first kappa shape index (κ1) is 21.8. The highest BCUT2D eigenvalue weighted by Crippen LogP contribution is 2.23. The second-order valence-corrected chi connectivity index (χ2v) is 9.34. The zero-order chi connectivity index (χ0) is 22.9. The second-order valence-electron chi connectivity index (χ2n) is 7.66. The fraction of sp³-hybridized carbons (Fsp3) is 0.217. The predicted molar refractivity (Wildman–Crippen MR) is 121 cm³/mol. The zero-order valence-corrected chi connectivity index (χ0v) is 18.6. The summed E-state index contributed by atoms with van der Waals surface area (Å²) >= 11 is 0. The predicted octanol–water partition coefficient (Wildman–Crippen LogP) is 2.84. The molecule has 1 aliphatic heterocycles. The largest absolute Gasteiger partial charge is 0.318 e. The number of carbonyl (C=O) groups is 2. The topological polar surface area (TPSA) is 101 Å². The normalized spacial score (nSPS) is 14.1. The third-order valence-electron chi connectivity index (χ3n) is 5.52. The Morgan fingerprint density at radius 3 is 2.28 bits per heavy atom. The second kappa shape index (κ2) is 8.60. The van der Waals surface area contributed by atoms with Crippen molar-refractivity contribution in [2.24, 2.45) is 0 Å². The van der Waals surface area contributed by atoms with Gasteiger partial charge in [0.15, 0.2) is 0 Å². The van der Waals surface area contributed by atoms with Crippen molar-refractivity contribution in [1.29, 1.82) is 0 Å². The molecule has 1 aromatic heterocycles. The molecule has 32 heavy (non-hydrogen) atoms. The molecular formula is C23H24N4O4S. The summed E-state index contributed by atoms with van der Waals surface area (Å²) in [6, 6.07) is 17.3. The molecule has 0 spiro atoms. The van der Waals surface area contributed by atoms with E-state index in [0.717, 1.165) is 17.8 Å². The number of hydrogen-bond donors (Lipinski definition) is 2. The van der Waals surface area contributed by atoms with Gasteiger partial charge >= 0.3 is 0 Å². The van der Waals surface area contributed by atoms with Crippen LogP contribution in [0.2, 0.25) is 0 Å². The Labute approximate surface area is 186 Å². The minimum atomic E-state index is -3.98. The number of aryl methyl sites for hydroxylation is 1. The molecule has 1 aliphatic rings. The lowest BCUT2D eigenvalue weighted by atomic mass is 10.2. The fourth-order valence-corrected chi connectivity index (χ4v) is 4.77. The SMILES string of the molecule is Cc1cc(C(=O)NNS(=O)(=O)c2ccc(N3CCCC3=O)cc2)c(C)n1-c1ccccc1. The van der Waals surface area contributed by atoms with Crippen LogP contribution in [0.3, 0.4) is 0 Å². The summed E-state index contributed by atoms with van der Waals surface area (Å²) in [7, 11) is -3.98. The molecule has 2 heterocycles. The number of amides is 2. The number of sulfonamides is 1. The third-order valence-corrected chi connectivity index (χ3v) is 6.78. The lowest BCUT2D eigenvalue weighted by Gasteiger charge is -2.16. The standard InChI is InChI=1S/C23H24N4O4S/c1-16-15-21(17(2)27(16)19-7-4-3-5-8-19)23(29)24-25-32(30,31)20-12-10-18(11-13-20)26-14-6-9-22(26)28/h3-5,7-8,10-13,15,25H,6,9,14H2,1-2H3,(H,24,29). The number of hydrogen-bond acceptors (Lipinski definition) is 4. The number of anilines is 1. The lowest BCUT2D eigenvalue weighted by Crippen LogP contribution is -2.41. The molecule has 0 saturated carbocycles. The van der Waals surface area contributed by atoms with Crippen LogP contribution in [0.25, 0.3) is 5.69 Å². The Kier molecular flexibility index (Phi) is 5.86. The molecule has 0 unspecified atom stereocenters. The number of para-hydroxylation sites is 1. The van der Waals surface area contributed by atoms with Crippen LogP contribution >= 0.6 is 0 Å². The van der Waals surface area contributed by atoms with Gasteiger partial charge in [-0.3, -0.25) is 15.0 Å². The summed E-state index contributed by atoms with van der Waals surface area (Å²) in [6.07, 6.45) is 1.29. The third kappa shape index (κ3) is 4.17. The summed E-state index contributed by atoms with van der Waals surface area (Å²) in [5.41, 5.74) is 5.79. The summed E-state index contributed by atoms with van der Waals surface area (Å²) in [6.45, 7) is 4.32. The van der Waals surface area contributed by atoms with Gasteiger partial charge < -0.3 is 9.47 Å². The van der Waals surface area contributed by atoms with E-state index in [4.69, 9.17) is 0 Å². The van der Waals surface area contributed by atoms with Gasteiger partial charge in [0.25, 0.3) is 15.9 Å². The van der Waals surface area contributed by atoms with Crippen LogP contribution in [0.1, 0.15) is 34.6 Å². The van der Waals surface area contributed by atoms with Crippen LogP contribution < -0.4 is 15.2 Å². The van der Waals surface area contributed by atoms with Crippen molar-refractivity contribution in [3.05, 3.63) is 77.6 Å². The maximum absolute atomic E-state index is 12.7. The lowest BCUT2D eigenvalue weighted by molar-refractivity contribution is -0.117. The highest BCUT2D eigenvalue weighted by molar-refractivity contribution is 7.89. The molecule has 2 aromatic carbocycles. The number of hydrazine groups is 1. The molecule has 4 rings (SSSR count). The molecular weight excluding hydrogens is 428 g/mol. The molecule has 0 radical (unpaired) electrons. The maximum Gasteiger partial charge on any atom is 0.268 e. The Morgan fingerprint density at radius 2 is 1.66 bits per heavy atom. The van der Waals surface area contributed by atoms with Crippen molar-refractivity contribution in [3.63, 3.8) is 0 Å². The molecule has 9 heteroatoms. The number of nitrogens with one attached hydrogen (secondary N) is 2. The summed E-state index contributed by atoms with van der Waals surface area (Å²) in [5.74, 6) is -0.526. The number of carbonyl (C=O) groups excluding carboxylic acids is 2. The average molecular weight is 453 g/mol. The van der Waals surface area contributed by atoms with Crippen molar-refractivity contribution in [2.75, 3.05) is 11.4 Å². The molecule has 166 valence electrons. The van der Waals surface area contributed by atoms with E-state index in [1.165, 1.54) is 12.1 Å². The van der Waals surface area contributed by atoms with Gasteiger partial charge in [0.2, 0.25) is 5.91 Å². The molecule has 1 fully saturated rings. The molecule has 0 aliphatic carbocycles. The van der Waals surface area contributed by atoms with Crippen molar-refractivity contribution >= 4 is 27.5 Å². The zero-order valence-electron chi connectivity index (χ0n) is 17.8. The highest BCUT2D eigenvalue weighted by atomic mass is 32.2. The Balaban J connectivity index is 1.47. The van der Waals surface area contributed by atoms with Crippen LogP contribution in [0.4, 0.5) is 5.69 Å². The minimum absolute atomic E-state index is 0.0112. The molecule has 3 aromatic rings. The monoisotopic (exact) mass is 452 g/mol.